The molecule has 1 unspecified atom stereocenters. The van der Waals surface area contributed by atoms with Crippen molar-refractivity contribution in [2.75, 3.05) is 0 Å². The lowest BCUT2D eigenvalue weighted by Crippen LogP contribution is -2.10. The molecule has 1 heterocycles. The molecule has 0 aliphatic heterocycles. The van der Waals surface area contributed by atoms with E-state index < -0.39 is 6.10 Å². The summed E-state index contributed by atoms with van der Waals surface area (Å²) >= 11 is 9.59. The van der Waals surface area contributed by atoms with Gasteiger partial charge in [0.2, 0.25) is 0 Å². The molecule has 1 atom stereocenters. The molecule has 0 aliphatic carbocycles. The molecule has 1 aromatic heterocycles. The molecule has 0 saturated carbocycles. The fraction of sp³-hybridized carbons (Fsp3) is 0.308. The minimum atomic E-state index is -0.782. The second-order valence-corrected chi connectivity index (χ2v) is 5.38. The van der Waals surface area contributed by atoms with E-state index in [-0.39, 0.29) is 0 Å². The molecule has 0 spiro atoms. The van der Waals surface area contributed by atoms with Gasteiger partial charge >= 0.3 is 0 Å². The van der Waals surface area contributed by atoms with E-state index in [0.29, 0.717) is 17.1 Å². The third kappa shape index (κ3) is 2.46. The lowest BCUT2D eigenvalue weighted by molar-refractivity contribution is 0.207. The highest BCUT2D eigenvalue weighted by Gasteiger charge is 2.21. The molecule has 1 aromatic carbocycles. The van der Waals surface area contributed by atoms with Crippen LogP contribution in [0.4, 0.5) is 0 Å². The molecule has 18 heavy (non-hydrogen) atoms. The van der Waals surface area contributed by atoms with E-state index in [9.17, 15) is 5.11 Å². The first-order chi connectivity index (χ1) is 8.54. The van der Waals surface area contributed by atoms with Crippen LogP contribution in [0.1, 0.15) is 29.8 Å². The summed E-state index contributed by atoms with van der Waals surface area (Å²) in [6.45, 7) is 4.64. The Morgan fingerprint density at radius 1 is 1.50 bits per heavy atom. The van der Waals surface area contributed by atoms with E-state index >= 15 is 0 Å². The predicted molar refractivity (Wildman–Crippen MR) is 75.9 cm³/mol. The summed E-state index contributed by atoms with van der Waals surface area (Å²) in [6, 6.07) is 5.63. The van der Waals surface area contributed by atoms with Gasteiger partial charge in [-0.3, -0.25) is 4.68 Å². The van der Waals surface area contributed by atoms with E-state index in [1.54, 1.807) is 10.9 Å². The van der Waals surface area contributed by atoms with Crippen LogP contribution in [0.15, 0.2) is 28.9 Å². The zero-order chi connectivity index (χ0) is 13.3. The van der Waals surface area contributed by atoms with Crippen LogP contribution < -0.4 is 0 Å². The maximum absolute atomic E-state index is 10.5. The molecule has 0 amide bonds. The fourth-order valence-electron chi connectivity index (χ4n) is 1.90. The van der Waals surface area contributed by atoms with Crippen molar-refractivity contribution in [1.82, 2.24) is 9.78 Å². The molecule has 2 aromatic rings. The highest BCUT2D eigenvalue weighted by Crippen LogP contribution is 2.32. The average molecular weight is 330 g/mol. The minimum absolute atomic E-state index is 0.568. The lowest BCUT2D eigenvalue weighted by atomic mass is 10.0. The van der Waals surface area contributed by atoms with Crippen molar-refractivity contribution in [1.29, 1.82) is 0 Å². The molecule has 5 heteroatoms. The molecule has 96 valence electrons. The number of benzene rings is 1. The third-order valence-electron chi connectivity index (χ3n) is 2.84. The topological polar surface area (TPSA) is 38.0 Å². The quantitative estimate of drug-likeness (QED) is 0.932. The van der Waals surface area contributed by atoms with Gasteiger partial charge < -0.3 is 5.11 Å². The Morgan fingerprint density at radius 3 is 2.83 bits per heavy atom. The van der Waals surface area contributed by atoms with E-state index in [1.807, 2.05) is 32.0 Å². The summed E-state index contributed by atoms with van der Waals surface area (Å²) in [6.07, 6.45) is 0.902. The standard InChI is InChI=1S/C13H14BrClN2O/c1-3-17-12(10(14)7-16-17)13(18)9-5-4-8(2)6-11(9)15/h4-7,13,18H,3H2,1-2H3. The van der Waals surface area contributed by atoms with Crippen LogP contribution in [0.5, 0.6) is 0 Å². The molecule has 2 rings (SSSR count). The summed E-state index contributed by atoms with van der Waals surface area (Å²) in [7, 11) is 0. The number of aromatic nitrogens is 2. The van der Waals surface area contributed by atoms with Gasteiger partial charge in [-0.25, -0.2) is 0 Å². The van der Waals surface area contributed by atoms with E-state index in [2.05, 4.69) is 21.0 Å². The van der Waals surface area contributed by atoms with E-state index in [0.717, 1.165) is 15.7 Å². The van der Waals surface area contributed by atoms with Crippen molar-refractivity contribution < 1.29 is 5.11 Å². The third-order valence-corrected chi connectivity index (χ3v) is 3.78. The van der Waals surface area contributed by atoms with Gasteiger partial charge in [0, 0.05) is 17.1 Å². The van der Waals surface area contributed by atoms with Gasteiger partial charge in [0.25, 0.3) is 0 Å². The van der Waals surface area contributed by atoms with Crippen LogP contribution in [-0.4, -0.2) is 14.9 Å². The van der Waals surface area contributed by atoms with Crippen LogP contribution >= 0.6 is 27.5 Å². The van der Waals surface area contributed by atoms with Crippen LogP contribution in [0.2, 0.25) is 5.02 Å². The van der Waals surface area contributed by atoms with Crippen molar-refractivity contribution in [2.24, 2.45) is 0 Å². The number of aliphatic hydroxyl groups is 1. The molecule has 0 saturated heterocycles. The molecular formula is C13H14BrClN2O. The van der Waals surface area contributed by atoms with Gasteiger partial charge in [0.05, 0.1) is 16.4 Å². The van der Waals surface area contributed by atoms with Gasteiger partial charge in [-0.1, -0.05) is 23.7 Å². The minimum Gasteiger partial charge on any atom is -0.382 e. The molecule has 0 aliphatic rings. The highest BCUT2D eigenvalue weighted by atomic mass is 79.9. The number of hydrogen-bond donors (Lipinski definition) is 1. The number of halogens is 2. The number of aliphatic hydroxyl groups excluding tert-OH is 1. The Morgan fingerprint density at radius 2 is 2.22 bits per heavy atom. The molecule has 0 bridgehead atoms. The van der Waals surface area contributed by atoms with Crippen LogP contribution in [0.3, 0.4) is 0 Å². The normalized spacial score (nSPS) is 12.7. The number of nitrogens with zero attached hydrogens (tertiary/aromatic N) is 2. The average Bonchev–Trinajstić information content (AvgIpc) is 2.69. The largest absolute Gasteiger partial charge is 0.382 e. The maximum Gasteiger partial charge on any atom is 0.123 e. The summed E-state index contributed by atoms with van der Waals surface area (Å²) in [5.41, 5.74) is 2.49. The van der Waals surface area contributed by atoms with Crippen LogP contribution in [-0.2, 0) is 6.54 Å². The molecule has 3 nitrogen and oxygen atoms in total. The maximum atomic E-state index is 10.5. The van der Waals surface area contributed by atoms with Crippen molar-refractivity contribution in [3.63, 3.8) is 0 Å². The van der Waals surface area contributed by atoms with Crippen molar-refractivity contribution in [3.8, 4) is 0 Å². The zero-order valence-corrected chi connectivity index (χ0v) is 12.5. The van der Waals surface area contributed by atoms with Crippen molar-refractivity contribution in [3.05, 3.63) is 50.7 Å². The number of aryl methyl sites for hydroxylation is 2. The summed E-state index contributed by atoms with van der Waals surface area (Å²) in [5, 5.41) is 15.2. The first-order valence-corrected chi connectivity index (χ1v) is 6.87. The van der Waals surface area contributed by atoms with Gasteiger partial charge in [-0.2, -0.15) is 5.10 Å². The predicted octanol–water partition coefficient (Wildman–Crippen LogP) is 3.71. The molecule has 0 radical (unpaired) electrons. The van der Waals surface area contributed by atoms with Gasteiger partial charge in [0.1, 0.15) is 6.10 Å². The van der Waals surface area contributed by atoms with Crippen molar-refractivity contribution >= 4 is 27.5 Å². The first-order valence-electron chi connectivity index (χ1n) is 5.70. The van der Waals surface area contributed by atoms with Gasteiger partial charge in [0.15, 0.2) is 0 Å². The van der Waals surface area contributed by atoms with Crippen molar-refractivity contribution in [2.45, 2.75) is 26.5 Å². The Labute approximate surface area is 120 Å². The monoisotopic (exact) mass is 328 g/mol. The van der Waals surface area contributed by atoms with Gasteiger partial charge in [-0.15, -0.1) is 0 Å². The van der Waals surface area contributed by atoms with Gasteiger partial charge in [-0.05, 0) is 41.4 Å². The summed E-state index contributed by atoms with van der Waals surface area (Å²) < 4.78 is 2.54. The summed E-state index contributed by atoms with van der Waals surface area (Å²) in [4.78, 5) is 0. The smallest absolute Gasteiger partial charge is 0.123 e. The first kappa shape index (κ1) is 13.6. The van der Waals surface area contributed by atoms with E-state index in [4.69, 9.17) is 11.6 Å². The Balaban J connectivity index is 2.47. The van der Waals surface area contributed by atoms with Crippen LogP contribution in [0, 0.1) is 6.92 Å². The van der Waals surface area contributed by atoms with E-state index in [1.165, 1.54) is 0 Å². The second-order valence-electron chi connectivity index (χ2n) is 4.12. The highest BCUT2D eigenvalue weighted by molar-refractivity contribution is 9.10. The molecule has 1 N–H and O–H groups in total. The second kappa shape index (κ2) is 5.43. The SMILES string of the molecule is CCn1ncc(Br)c1C(O)c1ccc(C)cc1Cl. The number of rotatable bonds is 3. The van der Waals surface area contributed by atoms with Crippen LogP contribution in [0.25, 0.3) is 0 Å². The zero-order valence-electron chi connectivity index (χ0n) is 10.2. The molecule has 0 fully saturated rings. The number of hydrogen-bond acceptors (Lipinski definition) is 2. The lowest BCUT2D eigenvalue weighted by Gasteiger charge is -2.15. The summed E-state index contributed by atoms with van der Waals surface area (Å²) in [5.74, 6) is 0. The Kier molecular flexibility index (Phi) is 4.10. The Hall–Kier alpha value is -0.840. The fourth-order valence-corrected chi connectivity index (χ4v) is 2.75. The Bertz CT molecular complexity index is 568. The molecular weight excluding hydrogens is 316 g/mol.